The Morgan fingerprint density at radius 3 is 2.57 bits per heavy atom. The second-order valence-electron chi connectivity index (χ2n) is 4.55. The molecule has 1 amide bonds. The third kappa shape index (κ3) is 3.66. The molecule has 108 valence electrons. The first-order valence-corrected chi connectivity index (χ1v) is 6.43. The zero-order valence-corrected chi connectivity index (χ0v) is 11.5. The summed E-state index contributed by atoms with van der Waals surface area (Å²) < 4.78 is 13.5. The average molecular weight is 286 g/mol. The first-order valence-electron chi connectivity index (χ1n) is 6.43. The smallest absolute Gasteiger partial charge is 0.228 e. The highest BCUT2D eigenvalue weighted by Crippen LogP contribution is 2.17. The fourth-order valence-electron chi connectivity index (χ4n) is 1.97. The van der Waals surface area contributed by atoms with Crippen LogP contribution in [0.25, 0.3) is 0 Å². The van der Waals surface area contributed by atoms with E-state index in [9.17, 15) is 9.18 Å². The Labute approximate surface area is 121 Å². The molecule has 5 heteroatoms. The Hall–Kier alpha value is -2.69. The quantitative estimate of drug-likeness (QED) is 0.515. The second-order valence-corrected chi connectivity index (χ2v) is 4.55. The highest BCUT2D eigenvalue weighted by molar-refractivity contribution is 6.06. The van der Waals surface area contributed by atoms with Crippen molar-refractivity contribution in [1.82, 2.24) is 0 Å². The Kier molecular flexibility index (Phi) is 4.66. The topological polar surface area (TPSA) is 61.7 Å². The van der Waals surface area contributed by atoms with Crippen molar-refractivity contribution in [2.45, 2.75) is 13.3 Å². The number of amides is 1. The molecule has 0 unspecified atom stereocenters. The van der Waals surface area contributed by atoms with Crippen LogP contribution in [-0.4, -0.2) is 16.8 Å². The molecule has 0 aromatic heterocycles. The van der Waals surface area contributed by atoms with Gasteiger partial charge in [0.1, 0.15) is 5.82 Å². The number of carbonyl (C=O) groups excluding carboxylic acids is 1. The van der Waals surface area contributed by atoms with E-state index in [4.69, 9.17) is 5.21 Å². The molecule has 0 aliphatic carbocycles. The van der Waals surface area contributed by atoms with Gasteiger partial charge in [0.15, 0.2) is 0 Å². The lowest BCUT2D eigenvalue weighted by Crippen LogP contribution is -2.17. The van der Waals surface area contributed by atoms with Crippen molar-refractivity contribution in [3.8, 4) is 0 Å². The zero-order valence-electron chi connectivity index (χ0n) is 11.5. The van der Waals surface area contributed by atoms with Gasteiger partial charge >= 0.3 is 0 Å². The van der Waals surface area contributed by atoms with Crippen LogP contribution in [0.1, 0.15) is 18.1 Å². The average Bonchev–Trinajstić information content (AvgIpc) is 2.49. The van der Waals surface area contributed by atoms with E-state index in [1.54, 1.807) is 49.4 Å². The van der Waals surface area contributed by atoms with Crippen LogP contribution in [0.5, 0.6) is 0 Å². The molecule has 0 spiro atoms. The van der Waals surface area contributed by atoms with Gasteiger partial charge in [-0.05, 0) is 24.6 Å². The predicted molar refractivity (Wildman–Crippen MR) is 79.2 cm³/mol. The number of halogens is 1. The molecule has 0 bridgehead atoms. The van der Waals surface area contributed by atoms with E-state index in [1.165, 1.54) is 6.07 Å². The number of nitrogens with one attached hydrogen (secondary N) is 1. The third-order valence-corrected chi connectivity index (χ3v) is 3.05. The molecule has 2 rings (SSSR count). The lowest BCUT2D eigenvalue weighted by molar-refractivity contribution is -0.115. The molecule has 0 aliphatic rings. The van der Waals surface area contributed by atoms with Crippen LogP contribution in [-0.2, 0) is 11.2 Å². The highest BCUT2D eigenvalue weighted by atomic mass is 19.1. The highest BCUT2D eigenvalue weighted by Gasteiger charge is 2.11. The molecule has 4 nitrogen and oxygen atoms in total. The Morgan fingerprint density at radius 1 is 1.19 bits per heavy atom. The van der Waals surface area contributed by atoms with Crippen LogP contribution in [0, 0.1) is 5.82 Å². The lowest BCUT2D eigenvalue weighted by atomic mass is 10.1. The molecule has 0 radical (unpaired) electrons. The molecule has 0 fully saturated rings. The number of para-hydroxylation sites is 1. The maximum atomic E-state index is 13.5. The van der Waals surface area contributed by atoms with Crippen molar-refractivity contribution >= 4 is 17.3 Å². The number of hydrogen-bond donors (Lipinski definition) is 2. The summed E-state index contributed by atoms with van der Waals surface area (Å²) in [7, 11) is 0. The van der Waals surface area contributed by atoms with Crippen LogP contribution in [0.3, 0.4) is 0 Å². The van der Waals surface area contributed by atoms with Crippen LogP contribution in [0.2, 0.25) is 0 Å². The molecule has 2 N–H and O–H groups in total. The van der Waals surface area contributed by atoms with E-state index in [-0.39, 0.29) is 12.3 Å². The van der Waals surface area contributed by atoms with Gasteiger partial charge in [-0.3, -0.25) is 4.79 Å². The normalized spacial score (nSPS) is 11.2. The van der Waals surface area contributed by atoms with Crippen molar-refractivity contribution in [2.24, 2.45) is 5.16 Å². The number of nitrogens with zero attached hydrogens (tertiary/aromatic N) is 1. The molecule has 2 aromatic carbocycles. The Bertz CT molecular complexity index is 683. The van der Waals surface area contributed by atoms with E-state index >= 15 is 0 Å². The van der Waals surface area contributed by atoms with Gasteiger partial charge in [0, 0.05) is 11.3 Å². The molecular weight excluding hydrogens is 271 g/mol. The second kappa shape index (κ2) is 6.65. The number of anilines is 1. The maximum Gasteiger partial charge on any atom is 0.228 e. The summed E-state index contributed by atoms with van der Waals surface area (Å²) in [5.74, 6) is -0.743. The fourth-order valence-corrected chi connectivity index (χ4v) is 1.97. The van der Waals surface area contributed by atoms with Gasteiger partial charge in [0.05, 0.1) is 12.1 Å². The van der Waals surface area contributed by atoms with Crippen molar-refractivity contribution in [3.05, 3.63) is 65.5 Å². The maximum absolute atomic E-state index is 13.5. The summed E-state index contributed by atoms with van der Waals surface area (Å²) >= 11 is 0. The summed E-state index contributed by atoms with van der Waals surface area (Å²) in [4.78, 5) is 12.0. The number of rotatable bonds is 4. The van der Waals surface area contributed by atoms with Gasteiger partial charge in [-0.15, -0.1) is 0 Å². The molecule has 0 saturated carbocycles. The largest absolute Gasteiger partial charge is 0.411 e. The van der Waals surface area contributed by atoms with E-state index in [0.29, 0.717) is 22.5 Å². The van der Waals surface area contributed by atoms with Gasteiger partial charge in [-0.2, -0.15) is 0 Å². The number of benzene rings is 2. The van der Waals surface area contributed by atoms with E-state index in [1.807, 2.05) is 0 Å². The molecule has 0 saturated heterocycles. The van der Waals surface area contributed by atoms with Gasteiger partial charge in [-0.25, -0.2) is 4.39 Å². The summed E-state index contributed by atoms with van der Waals surface area (Å²) in [6.45, 7) is 1.63. The molecule has 21 heavy (non-hydrogen) atoms. The minimum absolute atomic E-state index is 0.0592. The first kappa shape index (κ1) is 14.7. The molecule has 0 aliphatic heterocycles. The van der Waals surface area contributed by atoms with Gasteiger partial charge in [0.25, 0.3) is 0 Å². The van der Waals surface area contributed by atoms with Crippen LogP contribution in [0.4, 0.5) is 10.1 Å². The number of oxime groups is 1. The van der Waals surface area contributed by atoms with Crippen molar-refractivity contribution in [1.29, 1.82) is 0 Å². The number of hydrogen-bond acceptors (Lipinski definition) is 3. The predicted octanol–water partition coefficient (Wildman–Crippen LogP) is 3.21. The summed E-state index contributed by atoms with van der Waals surface area (Å²) in [6, 6.07) is 13.1. The van der Waals surface area contributed by atoms with Crippen molar-refractivity contribution < 1.29 is 14.4 Å². The third-order valence-electron chi connectivity index (χ3n) is 3.05. The summed E-state index contributed by atoms with van der Waals surface area (Å²) in [5, 5.41) is 14.7. The van der Waals surface area contributed by atoms with Crippen LogP contribution >= 0.6 is 0 Å². The first-order chi connectivity index (χ1) is 10.1. The Morgan fingerprint density at radius 2 is 1.86 bits per heavy atom. The lowest BCUT2D eigenvalue weighted by Gasteiger charge is -2.10. The molecule has 0 heterocycles. The van der Waals surface area contributed by atoms with Gasteiger partial charge in [-0.1, -0.05) is 41.6 Å². The Balaban J connectivity index is 2.16. The molecular formula is C16H15FN2O2. The number of carbonyl (C=O) groups is 1. The van der Waals surface area contributed by atoms with Crippen LogP contribution in [0.15, 0.2) is 53.7 Å². The summed E-state index contributed by atoms with van der Waals surface area (Å²) in [5.41, 5.74) is 1.85. The zero-order chi connectivity index (χ0) is 15.2. The SMILES string of the molecule is C/C(=N\O)c1ccccc1NC(=O)Cc1ccccc1F. The minimum atomic E-state index is -0.408. The van der Waals surface area contributed by atoms with Gasteiger partial charge < -0.3 is 10.5 Å². The summed E-state index contributed by atoms with van der Waals surface area (Å²) in [6.07, 6.45) is -0.0592. The van der Waals surface area contributed by atoms with Crippen LogP contribution < -0.4 is 5.32 Å². The van der Waals surface area contributed by atoms with E-state index in [0.717, 1.165) is 0 Å². The fraction of sp³-hybridized carbons (Fsp3) is 0.125. The van der Waals surface area contributed by atoms with E-state index in [2.05, 4.69) is 10.5 Å². The van der Waals surface area contributed by atoms with Crippen molar-refractivity contribution in [2.75, 3.05) is 5.32 Å². The molecule has 0 atom stereocenters. The van der Waals surface area contributed by atoms with Crippen molar-refractivity contribution in [3.63, 3.8) is 0 Å². The standard InChI is InChI=1S/C16H15FN2O2/c1-11(19-21)13-7-3-5-9-15(13)18-16(20)10-12-6-2-4-8-14(12)17/h2-9,21H,10H2,1H3,(H,18,20)/b19-11+. The van der Waals surface area contributed by atoms with Gasteiger partial charge in [0.2, 0.25) is 5.91 Å². The monoisotopic (exact) mass is 286 g/mol. The molecule has 2 aromatic rings. The minimum Gasteiger partial charge on any atom is -0.411 e. The van der Waals surface area contributed by atoms with E-state index < -0.39 is 5.82 Å².